The van der Waals surface area contributed by atoms with Crippen LogP contribution in [0.5, 0.6) is 0 Å². The van der Waals surface area contributed by atoms with E-state index < -0.39 is 0 Å². The van der Waals surface area contributed by atoms with Gasteiger partial charge in [0.1, 0.15) is 5.82 Å². The molecule has 128 valence electrons. The summed E-state index contributed by atoms with van der Waals surface area (Å²) in [5.74, 6) is -0.460. The highest BCUT2D eigenvalue weighted by atomic mass is 79.9. The molecule has 0 aliphatic heterocycles. The van der Waals surface area contributed by atoms with E-state index in [2.05, 4.69) is 31.2 Å². The summed E-state index contributed by atoms with van der Waals surface area (Å²) in [6.07, 6.45) is 0.621. The van der Waals surface area contributed by atoms with Crippen LogP contribution < -0.4 is 5.32 Å². The molecule has 25 heavy (non-hydrogen) atoms. The zero-order chi connectivity index (χ0) is 18.0. The highest BCUT2D eigenvalue weighted by Gasteiger charge is 2.09. The second-order valence-corrected chi connectivity index (χ2v) is 6.71. The summed E-state index contributed by atoms with van der Waals surface area (Å²) in [4.78, 5) is 21.3. The van der Waals surface area contributed by atoms with E-state index in [1.807, 2.05) is 13.8 Å². The van der Waals surface area contributed by atoms with Crippen molar-refractivity contribution in [3.05, 3.63) is 69.2 Å². The van der Waals surface area contributed by atoms with E-state index in [9.17, 15) is 9.18 Å². The Labute approximate surface area is 153 Å². The number of carbonyl (C=O) groups is 1. The van der Waals surface area contributed by atoms with E-state index >= 15 is 0 Å². The molecule has 0 aliphatic rings. The van der Waals surface area contributed by atoms with Crippen LogP contribution in [0.2, 0.25) is 0 Å². The second-order valence-electron chi connectivity index (χ2n) is 5.85. The van der Waals surface area contributed by atoms with E-state index in [0.717, 1.165) is 22.5 Å². The highest BCUT2D eigenvalue weighted by molar-refractivity contribution is 9.10. The van der Waals surface area contributed by atoms with Gasteiger partial charge in [-0.15, -0.1) is 0 Å². The maximum atomic E-state index is 13.2. The minimum atomic E-state index is -0.296. The first-order valence-corrected chi connectivity index (χ1v) is 8.70. The third-order valence-electron chi connectivity index (χ3n) is 4.02. The molecule has 0 atom stereocenters. The van der Waals surface area contributed by atoms with E-state index in [-0.39, 0.29) is 11.7 Å². The summed E-state index contributed by atoms with van der Waals surface area (Å²) in [6.45, 7) is 4.28. The number of nitrogens with zero attached hydrogens (tertiary/aromatic N) is 2. The number of benzene rings is 2. The lowest BCUT2D eigenvalue weighted by Gasteiger charge is -2.08. The fourth-order valence-corrected chi connectivity index (χ4v) is 2.92. The number of carbonyl (C=O) groups excluding carboxylic acids is 1. The number of halogens is 2. The average molecular weight is 402 g/mol. The number of hydrogen-bond donors (Lipinski definition) is 1. The molecule has 0 bridgehead atoms. The fourth-order valence-electron chi connectivity index (χ4n) is 2.49. The second kappa shape index (κ2) is 7.27. The van der Waals surface area contributed by atoms with Gasteiger partial charge in [0.2, 0.25) is 0 Å². The first-order chi connectivity index (χ1) is 11.9. The third kappa shape index (κ3) is 4.02. The van der Waals surface area contributed by atoms with E-state index in [1.165, 1.54) is 6.07 Å². The summed E-state index contributed by atoms with van der Waals surface area (Å²) in [6, 6.07) is 10.1. The molecule has 0 spiro atoms. The minimum absolute atomic E-state index is 0.164. The zero-order valence-electron chi connectivity index (χ0n) is 13.9. The Bertz CT molecular complexity index is 959. The standard InChI is InChI=1S/C19H17BrFN3O/c1-11-12(2)24-18-10-14(4-6-17(18)23-11)19(25)22-8-7-13-3-5-16(21)15(20)9-13/h3-6,9-10H,7-8H2,1-2H3,(H,22,25). The quantitative estimate of drug-likeness (QED) is 0.715. The topological polar surface area (TPSA) is 54.9 Å². The normalized spacial score (nSPS) is 10.9. The highest BCUT2D eigenvalue weighted by Crippen LogP contribution is 2.17. The summed E-state index contributed by atoms with van der Waals surface area (Å²) >= 11 is 3.16. The van der Waals surface area contributed by atoms with Crippen LogP contribution in [0.15, 0.2) is 40.9 Å². The van der Waals surface area contributed by atoms with Crippen LogP contribution >= 0.6 is 15.9 Å². The maximum Gasteiger partial charge on any atom is 0.251 e. The van der Waals surface area contributed by atoms with E-state index in [1.54, 1.807) is 30.3 Å². The lowest BCUT2D eigenvalue weighted by molar-refractivity contribution is 0.0954. The van der Waals surface area contributed by atoms with Crippen molar-refractivity contribution in [3.63, 3.8) is 0 Å². The van der Waals surface area contributed by atoms with Gasteiger partial charge in [0, 0.05) is 12.1 Å². The van der Waals surface area contributed by atoms with Crippen LogP contribution in [0.3, 0.4) is 0 Å². The van der Waals surface area contributed by atoms with Crippen molar-refractivity contribution in [1.29, 1.82) is 0 Å². The molecule has 0 saturated heterocycles. The molecular formula is C19H17BrFN3O. The molecule has 0 unspecified atom stereocenters. The van der Waals surface area contributed by atoms with Crippen LogP contribution in [0, 0.1) is 19.7 Å². The summed E-state index contributed by atoms with van der Waals surface area (Å²) in [5.41, 5.74) is 4.71. The molecule has 0 radical (unpaired) electrons. The SMILES string of the molecule is Cc1nc2ccc(C(=O)NCCc3ccc(F)c(Br)c3)cc2nc1C. The molecule has 4 nitrogen and oxygen atoms in total. The number of fused-ring (bicyclic) bond motifs is 1. The first kappa shape index (κ1) is 17.5. The van der Waals surface area contributed by atoms with Gasteiger partial charge in [0.25, 0.3) is 5.91 Å². The maximum absolute atomic E-state index is 13.2. The van der Waals surface area contributed by atoms with E-state index in [0.29, 0.717) is 28.5 Å². The number of amides is 1. The number of aromatic nitrogens is 2. The largest absolute Gasteiger partial charge is 0.352 e. The van der Waals surface area contributed by atoms with E-state index in [4.69, 9.17) is 0 Å². The van der Waals surface area contributed by atoms with Gasteiger partial charge in [-0.1, -0.05) is 6.07 Å². The molecule has 1 aromatic heterocycles. The summed E-state index contributed by atoms with van der Waals surface area (Å²) < 4.78 is 13.6. The predicted molar refractivity (Wildman–Crippen MR) is 99.1 cm³/mol. The molecule has 0 aliphatic carbocycles. The van der Waals surface area contributed by atoms with Crippen molar-refractivity contribution in [2.24, 2.45) is 0 Å². The summed E-state index contributed by atoms with van der Waals surface area (Å²) in [7, 11) is 0. The molecule has 3 rings (SSSR count). The van der Waals surface area contributed by atoms with Crippen molar-refractivity contribution in [1.82, 2.24) is 15.3 Å². The van der Waals surface area contributed by atoms with Gasteiger partial charge in [0.05, 0.1) is 26.9 Å². The third-order valence-corrected chi connectivity index (χ3v) is 4.63. The van der Waals surface area contributed by atoms with Crippen LogP contribution in [-0.4, -0.2) is 22.4 Å². The number of hydrogen-bond acceptors (Lipinski definition) is 3. The van der Waals surface area contributed by atoms with Gasteiger partial charge < -0.3 is 5.32 Å². The van der Waals surface area contributed by atoms with Gasteiger partial charge in [-0.3, -0.25) is 4.79 Å². The van der Waals surface area contributed by atoms with Crippen molar-refractivity contribution in [3.8, 4) is 0 Å². The Morgan fingerprint density at radius 2 is 1.80 bits per heavy atom. The van der Waals surface area contributed by atoms with Crippen molar-refractivity contribution in [2.45, 2.75) is 20.3 Å². The molecule has 1 amide bonds. The van der Waals surface area contributed by atoms with Crippen LogP contribution in [-0.2, 0) is 6.42 Å². The lowest BCUT2D eigenvalue weighted by atomic mass is 10.1. The first-order valence-electron chi connectivity index (χ1n) is 7.91. The Hall–Kier alpha value is -2.34. The minimum Gasteiger partial charge on any atom is -0.352 e. The molecule has 3 aromatic rings. The number of aryl methyl sites for hydroxylation is 2. The Morgan fingerprint density at radius 3 is 2.52 bits per heavy atom. The molecule has 6 heteroatoms. The molecule has 2 aromatic carbocycles. The molecule has 1 N–H and O–H groups in total. The Balaban J connectivity index is 1.67. The van der Waals surface area contributed by atoms with Crippen molar-refractivity contribution in [2.75, 3.05) is 6.54 Å². The molecule has 0 fully saturated rings. The molecular weight excluding hydrogens is 385 g/mol. The predicted octanol–water partition coefficient (Wildman–Crippen LogP) is 4.12. The smallest absolute Gasteiger partial charge is 0.251 e. The number of nitrogens with one attached hydrogen (secondary N) is 1. The van der Waals surface area contributed by atoms with Gasteiger partial charge in [0.15, 0.2) is 0 Å². The molecule has 1 heterocycles. The Kier molecular flexibility index (Phi) is 5.08. The lowest BCUT2D eigenvalue weighted by Crippen LogP contribution is -2.25. The van der Waals surface area contributed by atoms with Crippen LogP contribution in [0.4, 0.5) is 4.39 Å². The fraction of sp³-hybridized carbons (Fsp3) is 0.211. The van der Waals surface area contributed by atoms with Gasteiger partial charge in [-0.25, -0.2) is 14.4 Å². The van der Waals surface area contributed by atoms with Crippen molar-refractivity contribution < 1.29 is 9.18 Å². The monoisotopic (exact) mass is 401 g/mol. The van der Waals surface area contributed by atoms with Gasteiger partial charge in [-0.2, -0.15) is 0 Å². The zero-order valence-corrected chi connectivity index (χ0v) is 15.5. The Morgan fingerprint density at radius 1 is 1.08 bits per heavy atom. The van der Waals surface area contributed by atoms with Crippen molar-refractivity contribution >= 4 is 32.9 Å². The summed E-state index contributed by atoms with van der Waals surface area (Å²) in [5, 5.41) is 2.88. The average Bonchev–Trinajstić information content (AvgIpc) is 2.58. The van der Waals surface area contributed by atoms with Gasteiger partial charge in [-0.05, 0) is 72.1 Å². The van der Waals surface area contributed by atoms with Gasteiger partial charge >= 0.3 is 0 Å². The molecule has 0 saturated carbocycles. The van der Waals surface area contributed by atoms with Crippen LogP contribution in [0.25, 0.3) is 11.0 Å². The number of rotatable bonds is 4. The van der Waals surface area contributed by atoms with Crippen LogP contribution in [0.1, 0.15) is 27.3 Å².